The van der Waals surface area contributed by atoms with Gasteiger partial charge in [0.1, 0.15) is 6.04 Å². The summed E-state index contributed by atoms with van der Waals surface area (Å²) in [7, 11) is 1.88. The molecule has 0 bridgehead atoms. The van der Waals surface area contributed by atoms with E-state index in [0.29, 0.717) is 5.92 Å². The number of nitrogens with zero attached hydrogens (tertiary/aromatic N) is 1. The van der Waals surface area contributed by atoms with E-state index in [1.54, 1.807) is 11.3 Å². The Labute approximate surface area is 124 Å². The maximum Gasteiger partial charge on any atom is 0.245 e. The van der Waals surface area contributed by atoms with E-state index < -0.39 is 0 Å². The fraction of sp³-hybridized carbons (Fsp3) is 0.667. The van der Waals surface area contributed by atoms with E-state index in [-0.39, 0.29) is 11.9 Å². The molecular formula is C15H22N2O2S. The van der Waals surface area contributed by atoms with Gasteiger partial charge in [-0.3, -0.25) is 4.79 Å². The van der Waals surface area contributed by atoms with Crippen molar-refractivity contribution in [1.29, 1.82) is 0 Å². The number of fused-ring (bicyclic) bond motifs is 1. The minimum atomic E-state index is -0.160. The summed E-state index contributed by atoms with van der Waals surface area (Å²) >= 11 is 1.69. The first kappa shape index (κ1) is 14.0. The summed E-state index contributed by atoms with van der Waals surface area (Å²) in [5.41, 5.74) is 1.33. The first-order valence-corrected chi connectivity index (χ1v) is 8.27. The van der Waals surface area contributed by atoms with Crippen LogP contribution in [0.1, 0.15) is 29.3 Å². The lowest BCUT2D eigenvalue weighted by molar-refractivity contribution is -0.134. The Balaban J connectivity index is 1.73. The minimum Gasteiger partial charge on any atom is -0.381 e. The molecule has 0 spiro atoms. The van der Waals surface area contributed by atoms with Gasteiger partial charge in [-0.15, -0.1) is 11.3 Å². The van der Waals surface area contributed by atoms with Crippen molar-refractivity contribution in [3.05, 3.63) is 21.9 Å². The summed E-state index contributed by atoms with van der Waals surface area (Å²) in [6.07, 6.45) is 3.14. The van der Waals surface area contributed by atoms with Crippen molar-refractivity contribution in [2.24, 2.45) is 5.92 Å². The molecule has 1 N–H and O–H groups in total. The Hall–Kier alpha value is -0.910. The second-order valence-electron chi connectivity index (χ2n) is 5.62. The number of ether oxygens (including phenoxy) is 1. The normalized spacial score (nSPS) is 24.6. The summed E-state index contributed by atoms with van der Waals surface area (Å²) in [5.74, 6) is 0.835. The van der Waals surface area contributed by atoms with Crippen LogP contribution in [0.5, 0.6) is 0 Å². The molecule has 0 aromatic carbocycles. The lowest BCUT2D eigenvalue weighted by Crippen LogP contribution is -2.42. The number of rotatable bonds is 3. The number of carbonyl (C=O) groups excluding carboxylic acids is 1. The summed E-state index contributed by atoms with van der Waals surface area (Å²) < 4.78 is 5.41. The quantitative estimate of drug-likeness (QED) is 0.924. The smallest absolute Gasteiger partial charge is 0.245 e. The van der Waals surface area contributed by atoms with Gasteiger partial charge in [0, 0.05) is 31.2 Å². The molecule has 110 valence electrons. The van der Waals surface area contributed by atoms with Gasteiger partial charge >= 0.3 is 0 Å². The van der Waals surface area contributed by atoms with E-state index in [0.717, 1.165) is 45.6 Å². The number of amides is 1. The zero-order chi connectivity index (χ0) is 13.9. The van der Waals surface area contributed by atoms with Crippen molar-refractivity contribution in [2.75, 3.05) is 33.4 Å². The Bertz CT molecular complexity index is 468. The fourth-order valence-corrected chi connectivity index (χ4v) is 4.20. The molecule has 3 heterocycles. The van der Waals surface area contributed by atoms with Crippen LogP contribution in [-0.2, 0) is 16.0 Å². The first-order chi connectivity index (χ1) is 9.79. The van der Waals surface area contributed by atoms with Crippen LogP contribution < -0.4 is 5.32 Å². The van der Waals surface area contributed by atoms with Gasteiger partial charge in [-0.25, -0.2) is 0 Å². The van der Waals surface area contributed by atoms with Gasteiger partial charge in [-0.05, 0) is 49.2 Å². The van der Waals surface area contributed by atoms with E-state index in [1.165, 1.54) is 10.4 Å². The molecule has 5 heteroatoms. The standard InChI is InChI=1S/C15H22N2O2S/c1-16-13-14-12(5-9-20-14)2-6-17(15(13)18)10-11-3-7-19-8-4-11/h5,9,11,13,16H,2-4,6-8,10H2,1H3. The van der Waals surface area contributed by atoms with Crippen molar-refractivity contribution in [3.8, 4) is 0 Å². The Morgan fingerprint density at radius 3 is 3.00 bits per heavy atom. The number of thiophene rings is 1. The third-order valence-electron chi connectivity index (χ3n) is 4.36. The highest BCUT2D eigenvalue weighted by Gasteiger charge is 2.32. The van der Waals surface area contributed by atoms with Gasteiger partial charge in [-0.2, -0.15) is 0 Å². The molecule has 2 aliphatic heterocycles. The highest BCUT2D eigenvalue weighted by atomic mass is 32.1. The number of carbonyl (C=O) groups is 1. The van der Waals surface area contributed by atoms with Gasteiger partial charge in [0.2, 0.25) is 5.91 Å². The van der Waals surface area contributed by atoms with Gasteiger partial charge in [0.05, 0.1) is 0 Å². The van der Waals surface area contributed by atoms with E-state index in [1.807, 2.05) is 7.05 Å². The summed E-state index contributed by atoms with van der Waals surface area (Å²) in [6.45, 7) is 3.42. The molecular weight excluding hydrogens is 272 g/mol. The van der Waals surface area contributed by atoms with Crippen molar-refractivity contribution < 1.29 is 9.53 Å². The number of nitrogens with one attached hydrogen (secondary N) is 1. The highest BCUT2D eigenvalue weighted by Crippen LogP contribution is 2.30. The average Bonchev–Trinajstić information content (AvgIpc) is 2.89. The van der Waals surface area contributed by atoms with Crippen molar-refractivity contribution >= 4 is 17.2 Å². The zero-order valence-corrected chi connectivity index (χ0v) is 12.7. The molecule has 1 fully saturated rings. The molecule has 0 saturated carbocycles. The molecule has 2 aliphatic rings. The summed E-state index contributed by atoms with van der Waals surface area (Å²) in [6, 6.07) is 2.00. The molecule has 0 radical (unpaired) electrons. The molecule has 1 saturated heterocycles. The van der Waals surface area contributed by atoms with Gasteiger partial charge in [-0.1, -0.05) is 0 Å². The maximum atomic E-state index is 12.7. The van der Waals surface area contributed by atoms with E-state index >= 15 is 0 Å². The lowest BCUT2D eigenvalue weighted by atomic mass is 9.99. The Morgan fingerprint density at radius 2 is 2.25 bits per heavy atom. The predicted molar refractivity (Wildman–Crippen MR) is 79.9 cm³/mol. The summed E-state index contributed by atoms with van der Waals surface area (Å²) in [4.78, 5) is 16.0. The van der Waals surface area contributed by atoms with Gasteiger partial charge in [0.15, 0.2) is 0 Å². The largest absolute Gasteiger partial charge is 0.381 e. The van der Waals surface area contributed by atoms with E-state index in [4.69, 9.17) is 4.74 Å². The second-order valence-corrected chi connectivity index (χ2v) is 6.57. The second kappa shape index (κ2) is 6.24. The first-order valence-electron chi connectivity index (χ1n) is 7.39. The molecule has 1 aromatic heterocycles. The van der Waals surface area contributed by atoms with E-state index in [2.05, 4.69) is 21.7 Å². The Morgan fingerprint density at radius 1 is 1.45 bits per heavy atom. The van der Waals surface area contributed by atoms with Crippen LogP contribution in [0.25, 0.3) is 0 Å². The molecule has 20 heavy (non-hydrogen) atoms. The van der Waals surface area contributed by atoms with Gasteiger partial charge in [0.25, 0.3) is 0 Å². The Kier molecular flexibility index (Phi) is 4.38. The zero-order valence-electron chi connectivity index (χ0n) is 11.9. The maximum absolute atomic E-state index is 12.7. The minimum absolute atomic E-state index is 0.160. The average molecular weight is 294 g/mol. The fourth-order valence-electron chi connectivity index (χ4n) is 3.14. The highest BCUT2D eigenvalue weighted by molar-refractivity contribution is 7.10. The molecule has 4 nitrogen and oxygen atoms in total. The third-order valence-corrected chi connectivity index (χ3v) is 5.38. The lowest BCUT2D eigenvalue weighted by Gasteiger charge is -2.30. The van der Waals surface area contributed by atoms with Crippen LogP contribution >= 0.6 is 11.3 Å². The monoisotopic (exact) mass is 294 g/mol. The molecule has 1 aromatic rings. The van der Waals surface area contributed by atoms with Crippen LogP contribution in [0.15, 0.2) is 11.4 Å². The third kappa shape index (κ3) is 2.75. The molecule has 0 aliphatic carbocycles. The predicted octanol–water partition coefficient (Wildman–Crippen LogP) is 1.82. The van der Waals surface area contributed by atoms with Crippen LogP contribution in [0.2, 0.25) is 0 Å². The number of hydrogen-bond donors (Lipinski definition) is 1. The van der Waals surface area contributed by atoms with Gasteiger partial charge < -0.3 is 15.0 Å². The van der Waals surface area contributed by atoms with Crippen LogP contribution in [0.4, 0.5) is 0 Å². The molecule has 1 amide bonds. The SMILES string of the molecule is CNC1C(=O)N(CC2CCOCC2)CCc2ccsc21. The van der Waals surface area contributed by atoms with Crippen LogP contribution in [0.3, 0.4) is 0 Å². The van der Waals surface area contributed by atoms with Crippen molar-refractivity contribution in [3.63, 3.8) is 0 Å². The van der Waals surface area contributed by atoms with Crippen molar-refractivity contribution in [2.45, 2.75) is 25.3 Å². The molecule has 1 atom stereocenters. The summed E-state index contributed by atoms with van der Waals surface area (Å²) in [5, 5.41) is 5.29. The van der Waals surface area contributed by atoms with Crippen LogP contribution in [-0.4, -0.2) is 44.2 Å². The van der Waals surface area contributed by atoms with Crippen molar-refractivity contribution in [1.82, 2.24) is 10.2 Å². The van der Waals surface area contributed by atoms with E-state index in [9.17, 15) is 4.79 Å². The van der Waals surface area contributed by atoms with Crippen LogP contribution in [0, 0.1) is 5.92 Å². The molecule has 3 rings (SSSR count). The molecule has 1 unspecified atom stereocenters. The topological polar surface area (TPSA) is 41.6 Å². The number of likely N-dealkylation sites (N-methyl/N-ethyl adjacent to an activating group) is 1. The number of hydrogen-bond acceptors (Lipinski definition) is 4.